The van der Waals surface area contributed by atoms with Crippen molar-refractivity contribution in [2.75, 3.05) is 0 Å². The standard InChI is InChI=1S/C17H21NO2S/c1-4-6-16(19)15-11-21-17(18-15)13-7-9-14(10-8-13)20-12(3)5-2/h7-12H,4-6H2,1-3H3. The topological polar surface area (TPSA) is 39.2 Å². The Morgan fingerprint density at radius 1 is 1.29 bits per heavy atom. The molecule has 112 valence electrons. The summed E-state index contributed by atoms with van der Waals surface area (Å²) in [6, 6.07) is 7.89. The van der Waals surface area contributed by atoms with E-state index in [2.05, 4.69) is 18.8 Å². The van der Waals surface area contributed by atoms with Gasteiger partial charge in [0.2, 0.25) is 0 Å². The van der Waals surface area contributed by atoms with Crippen LogP contribution >= 0.6 is 11.3 Å². The van der Waals surface area contributed by atoms with Crippen LogP contribution in [-0.2, 0) is 0 Å². The largest absolute Gasteiger partial charge is 0.491 e. The van der Waals surface area contributed by atoms with Gasteiger partial charge in [-0.1, -0.05) is 13.8 Å². The van der Waals surface area contributed by atoms with Gasteiger partial charge in [-0.2, -0.15) is 0 Å². The molecule has 21 heavy (non-hydrogen) atoms. The Labute approximate surface area is 130 Å². The van der Waals surface area contributed by atoms with Gasteiger partial charge >= 0.3 is 0 Å². The molecule has 2 aromatic rings. The number of carbonyl (C=O) groups is 1. The SMILES string of the molecule is CCCC(=O)c1csc(-c2ccc(OC(C)CC)cc2)n1. The molecule has 0 aliphatic carbocycles. The monoisotopic (exact) mass is 303 g/mol. The van der Waals surface area contributed by atoms with E-state index in [1.165, 1.54) is 11.3 Å². The summed E-state index contributed by atoms with van der Waals surface area (Å²) in [5, 5.41) is 2.72. The lowest BCUT2D eigenvalue weighted by atomic mass is 10.2. The zero-order valence-electron chi connectivity index (χ0n) is 12.8. The van der Waals surface area contributed by atoms with E-state index >= 15 is 0 Å². The van der Waals surface area contributed by atoms with Crippen LogP contribution < -0.4 is 4.74 Å². The van der Waals surface area contributed by atoms with Gasteiger partial charge in [-0.25, -0.2) is 4.98 Å². The Balaban J connectivity index is 2.10. The fourth-order valence-electron chi connectivity index (χ4n) is 1.88. The Morgan fingerprint density at radius 2 is 2.00 bits per heavy atom. The van der Waals surface area contributed by atoms with Crippen molar-refractivity contribution in [3.8, 4) is 16.3 Å². The van der Waals surface area contributed by atoms with Crippen molar-refractivity contribution in [2.24, 2.45) is 0 Å². The van der Waals surface area contributed by atoms with Crippen molar-refractivity contribution >= 4 is 17.1 Å². The van der Waals surface area contributed by atoms with Crippen LogP contribution in [0.25, 0.3) is 10.6 Å². The molecule has 0 aliphatic rings. The third kappa shape index (κ3) is 4.14. The van der Waals surface area contributed by atoms with E-state index < -0.39 is 0 Å². The molecule has 0 radical (unpaired) electrons. The molecule has 1 aromatic carbocycles. The second kappa shape index (κ2) is 7.36. The molecular weight excluding hydrogens is 282 g/mol. The summed E-state index contributed by atoms with van der Waals surface area (Å²) in [7, 11) is 0. The first kappa shape index (κ1) is 15.7. The highest BCUT2D eigenvalue weighted by atomic mass is 32.1. The number of rotatable bonds is 7. The molecule has 4 heteroatoms. The van der Waals surface area contributed by atoms with E-state index in [1.807, 2.05) is 36.6 Å². The first-order valence-electron chi connectivity index (χ1n) is 7.39. The quantitative estimate of drug-likeness (QED) is 0.678. The van der Waals surface area contributed by atoms with E-state index in [0.29, 0.717) is 12.1 Å². The molecule has 2 rings (SSSR count). The second-order valence-electron chi connectivity index (χ2n) is 5.07. The number of thiazole rings is 1. The van der Waals surface area contributed by atoms with E-state index in [4.69, 9.17) is 4.74 Å². The molecule has 0 amide bonds. The van der Waals surface area contributed by atoms with Gasteiger partial charge in [0, 0.05) is 17.4 Å². The summed E-state index contributed by atoms with van der Waals surface area (Å²) >= 11 is 1.51. The van der Waals surface area contributed by atoms with E-state index in [0.717, 1.165) is 29.2 Å². The zero-order valence-corrected chi connectivity index (χ0v) is 13.6. The Morgan fingerprint density at radius 3 is 2.62 bits per heavy atom. The first-order valence-corrected chi connectivity index (χ1v) is 8.27. The summed E-state index contributed by atoms with van der Waals surface area (Å²) in [4.78, 5) is 16.3. The average molecular weight is 303 g/mol. The maximum absolute atomic E-state index is 11.8. The highest BCUT2D eigenvalue weighted by molar-refractivity contribution is 7.13. The second-order valence-corrected chi connectivity index (χ2v) is 5.93. The van der Waals surface area contributed by atoms with Gasteiger partial charge in [0.05, 0.1) is 6.10 Å². The number of benzene rings is 1. The Hall–Kier alpha value is -1.68. The molecular formula is C17H21NO2S. The van der Waals surface area contributed by atoms with Gasteiger partial charge in [0.25, 0.3) is 0 Å². The van der Waals surface area contributed by atoms with Crippen LogP contribution in [0.3, 0.4) is 0 Å². The molecule has 0 aliphatic heterocycles. The number of ether oxygens (including phenoxy) is 1. The molecule has 1 aromatic heterocycles. The molecule has 0 bridgehead atoms. The average Bonchev–Trinajstić information content (AvgIpc) is 2.98. The van der Waals surface area contributed by atoms with Crippen molar-refractivity contribution in [2.45, 2.75) is 46.1 Å². The zero-order chi connectivity index (χ0) is 15.2. The summed E-state index contributed by atoms with van der Waals surface area (Å²) in [6.45, 7) is 6.16. The first-order chi connectivity index (χ1) is 10.1. The van der Waals surface area contributed by atoms with Crippen LogP contribution in [0.1, 0.15) is 50.5 Å². The predicted molar refractivity (Wildman–Crippen MR) is 87.2 cm³/mol. The summed E-state index contributed by atoms with van der Waals surface area (Å²) in [6.07, 6.45) is 2.61. The van der Waals surface area contributed by atoms with Crippen LogP contribution in [0.15, 0.2) is 29.6 Å². The third-order valence-corrected chi connectivity index (χ3v) is 4.17. The molecule has 0 N–H and O–H groups in total. The third-order valence-electron chi connectivity index (χ3n) is 3.28. The van der Waals surface area contributed by atoms with Gasteiger partial charge in [0.15, 0.2) is 5.78 Å². The molecule has 0 saturated carbocycles. The minimum absolute atomic E-state index is 0.122. The van der Waals surface area contributed by atoms with E-state index in [-0.39, 0.29) is 11.9 Å². The molecule has 1 heterocycles. The fraction of sp³-hybridized carbons (Fsp3) is 0.412. The van der Waals surface area contributed by atoms with Crippen LogP contribution in [-0.4, -0.2) is 16.9 Å². The van der Waals surface area contributed by atoms with Crippen LogP contribution in [0.2, 0.25) is 0 Å². The number of Topliss-reactive ketones (excluding diaryl/α,β-unsaturated/α-hetero) is 1. The maximum Gasteiger partial charge on any atom is 0.182 e. The lowest BCUT2D eigenvalue weighted by Gasteiger charge is -2.12. The van der Waals surface area contributed by atoms with Gasteiger partial charge < -0.3 is 4.74 Å². The lowest BCUT2D eigenvalue weighted by molar-refractivity contribution is 0.0977. The normalized spacial score (nSPS) is 12.1. The summed E-state index contributed by atoms with van der Waals surface area (Å²) in [5.74, 6) is 0.990. The minimum Gasteiger partial charge on any atom is -0.491 e. The van der Waals surface area contributed by atoms with Crippen LogP contribution in [0.4, 0.5) is 0 Å². The highest BCUT2D eigenvalue weighted by Gasteiger charge is 2.11. The maximum atomic E-state index is 11.8. The fourth-order valence-corrected chi connectivity index (χ4v) is 2.71. The van der Waals surface area contributed by atoms with Gasteiger partial charge in [-0.05, 0) is 44.0 Å². The molecule has 0 fully saturated rings. The van der Waals surface area contributed by atoms with Crippen molar-refractivity contribution < 1.29 is 9.53 Å². The van der Waals surface area contributed by atoms with Crippen molar-refractivity contribution in [3.63, 3.8) is 0 Å². The van der Waals surface area contributed by atoms with Gasteiger partial charge in [-0.15, -0.1) is 11.3 Å². The van der Waals surface area contributed by atoms with E-state index in [1.54, 1.807) is 0 Å². The number of hydrogen-bond acceptors (Lipinski definition) is 4. The predicted octanol–water partition coefficient (Wildman–Crippen LogP) is 4.97. The number of ketones is 1. The van der Waals surface area contributed by atoms with Gasteiger partial charge in [-0.3, -0.25) is 4.79 Å². The number of aromatic nitrogens is 1. The smallest absolute Gasteiger partial charge is 0.182 e. The van der Waals surface area contributed by atoms with Crippen LogP contribution in [0, 0.1) is 0 Å². The molecule has 0 spiro atoms. The Kier molecular flexibility index (Phi) is 5.51. The molecule has 0 saturated heterocycles. The number of nitrogens with zero attached hydrogens (tertiary/aromatic N) is 1. The molecule has 3 nitrogen and oxygen atoms in total. The van der Waals surface area contributed by atoms with Crippen molar-refractivity contribution in [1.29, 1.82) is 0 Å². The van der Waals surface area contributed by atoms with E-state index in [9.17, 15) is 4.79 Å². The van der Waals surface area contributed by atoms with Crippen LogP contribution in [0.5, 0.6) is 5.75 Å². The molecule has 1 atom stereocenters. The van der Waals surface area contributed by atoms with Crippen molar-refractivity contribution in [1.82, 2.24) is 4.98 Å². The van der Waals surface area contributed by atoms with Crippen molar-refractivity contribution in [3.05, 3.63) is 35.3 Å². The summed E-state index contributed by atoms with van der Waals surface area (Å²) in [5.41, 5.74) is 1.60. The summed E-state index contributed by atoms with van der Waals surface area (Å²) < 4.78 is 5.76. The number of carbonyl (C=O) groups excluding carboxylic acids is 1. The highest BCUT2D eigenvalue weighted by Crippen LogP contribution is 2.26. The Bertz CT molecular complexity index is 589. The number of hydrogen-bond donors (Lipinski definition) is 0. The minimum atomic E-state index is 0.122. The van der Waals surface area contributed by atoms with Gasteiger partial charge in [0.1, 0.15) is 16.5 Å². The lowest BCUT2D eigenvalue weighted by Crippen LogP contribution is -2.09. The molecule has 1 unspecified atom stereocenters.